The van der Waals surface area contributed by atoms with Crippen molar-refractivity contribution in [2.75, 3.05) is 0 Å². The van der Waals surface area contributed by atoms with Gasteiger partial charge >= 0.3 is 0 Å². The second kappa shape index (κ2) is 10.6. The molecule has 4 rings (SSSR count). The minimum atomic E-state index is -0.259. The summed E-state index contributed by atoms with van der Waals surface area (Å²) < 4.78 is 8.19. The van der Waals surface area contributed by atoms with Crippen LogP contribution in [0.4, 0.5) is 0 Å². The van der Waals surface area contributed by atoms with E-state index in [9.17, 15) is 4.79 Å². The third-order valence-corrected chi connectivity index (χ3v) is 6.07. The maximum atomic E-state index is 12.5. The molecule has 35 heavy (non-hydrogen) atoms. The molecule has 0 aliphatic carbocycles. The fourth-order valence-electron chi connectivity index (χ4n) is 4.09. The highest BCUT2D eigenvalue weighted by Gasteiger charge is 2.09. The lowest BCUT2D eigenvalue weighted by molar-refractivity contribution is 0.0955. The topological polar surface area (TPSA) is 55.6 Å². The van der Waals surface area contributed by atoms with E-state index in [0.717, 1.165) is 45.1 Å². The van der Waals surface area contributed by atoms with Gasteiger partial charge in [-0.25, -0.2) is 5.43 Å². The fourth-order valence-corrected chi connectivity index (χ4v) is 4.22. The average Bonchev–Trinajstić information content (AvgIpc) is 3.17. The summed E-state index contributed by atoms with van der Waals surface area (Å²) in [5.41, 5.74) is 10.4. The van der Waals surface area contributed by atoms with Crippen LogP contribution >= 0.6 is 11.6 Å². The second-order valence-corrected chi connectivity index (χ2v) is 9.03. The van der Waals surface area contributed by atoms with Gasteiger partial charge in [-0.05, 0) is 111 Å². The number of rotatable bonds is 7. The molecule has 1 aromatic heterocycles. The summed E-state index contributed by atoms with van der Waals surface area (Å²) in [6, 6.07) is 23.2. The highest BCUT2D eigenvalue weighted by molar-refractivity contribution is 6.30. The Bertz CT molecular complexity index is 1330. The first-order chi connectivity index (χ1) is 16.8. The summed E-state index contributed by atoms with van der Waals surface area (Å²) in [6.07, 6.45) is 1.64. The van der Waals surface area contributed by atoms with Gasteiger partial charge in [-0.2, -0.15) is 5.10 Å². The number of hydrogen-bond acceptors (Lipinski definition) is 3. The molecular weight excluding hydrogens is 458 g/mol. The quantitative estimate of drug-likeness (QED) is 0.233. The Morgan fingerprint density at radius 1 is 0.914 bits per heavy atom. The van der Waals surface area contributed by atoms with Gasteiger partial charge in [0.25, 0.3) is 5.91 Å². The molecule has 6 heteroatoms. The van der Waals surface area contributed by atoms with E-state index in [1.54, 1.807) is 18.3 Å². The van der Waals surface area contributed by atoms with E-state index < -0.39 is 0 Å². The SMILES string of the molecule is Cc1cc(/C=N\NC(=O)c2ccc(-n3c(C)ccc3C)cc2)cc(C)c1OCc1ccc(Cl)cc1. The van der Waals surface area contributed by atoms with E-state index in [2.05, 4.69) is 41.1 Å². The average molecular weight is 486 g/mol. The van der Waals surface area contributed by atoms with E-state index in [4.69, 9.17) is 16.3 Å². The van der Waals surface area contributed by atoms with Gasteiger partial charge in [0, 0.05) is 27.7 Å². The van der Waals surface area contributed by atoms with Crippen LogP contribution in [0.1, 0.15) is 44.0 Å². The number of carbonyl (C=O) groups is 1. The number of aryl methyl sites for hydroxylation is 4. The lowest BCUT2D eigenvalue weighted by Crippen LogP contribution is -2.17. The number of hydrazone groups is 1. The number of carbonyl (C=O) groups excluding carboxylic acids is 1. The molecule has 0 fully saturated rings. The fraction of sp³-hybridized carbons (Fsp3) is 0.172. The number of benzene rings is 3. The zero-order valence-electron chi connectivity index (χ0n) is 20.3. The first-order valence-electron chi connectivity index (χ1n) is 11.4. The summed E-state index contributed by atoms with van der Waals surface area (Å²) in [4.78, 5) is 12.5. The van der Waals surface area contributed by atoms with Gasteiger partial charge in [0.1, 0.15) is 12.4 Å². The Morgan fingerprint density at radius 2 is 1.51 bits per heavy atom. The van der Waals surface area contributed by atoms with E-state index in [-0.39, 0.29) is 5.91 Å². The van der Waals surface area contributed by atoms with Crippen molar-refractivity contribution in [2.45, 2.75) is 34.3 Å². The van der Waals surface area contributed by atoms with Gasteiger partial charge in [-0.15, -0.1) is 0 Å². The molecule has 0 aliphatic rings. The zero-order chi connectivity index (χ0) is 24.9. The highest BCUT2D eigenvalue weighted by atomic mass is 35.5. The molecule has 3 aromatic carbocycles. The monoisotopic (exact) mass is 485 g/mol. The van der Waals surface area contributed by atoms with Gasteiger partial charge in [-0.1, -0.05) is 23.7 Å². The van der Waals surface area contributed by atoms with Crippen molar-refractivity contribution < 1.29 is 9.53 Å². The van der Waals surface area contributed by atoms with E-state index in [1.165, 1.54) is 0 Å². The van der Waals surface area contributed by atoms with E-state index >= 15 is 0 Å². The molecule has 0 atom stereocenters. The molecule has 4 aromatic rings. The Hall–Kier alpha value is -3.83. The molecule has 0 bridgehead atoms. The Kier molecular flexibility index (Phi) is 7.37. The first-order valence-corrected chi connectivity index (χ1v) is 11.8. The van der Waals surface area contributed by atoms with Crippen LogP contribution in [0.2, 0.25) is 5.02 Å². The molecule has 1 heterocycles. The predicted molar refractivity (Wildman–Crippen MR) is 142 cm³/mol. The van der Waals surface area contributed by atoms with Crippen molar-refractivity contribution in [1.29, 1.82) is 0 Å². The molecule has 0 radical (unpaired) electrons. The van der Waals surface area contributed by atoms with Crippen molar-refractivity contribution in [2.24, 2.45) is 5.10 Å². The summed E-state index contributed by atoms with van der Waals surface area (Å²) in [7, 11) is 0. The van der Waals surface area contributed by atoms with Gasteiger partial charge in [0.2, 0.25) is 0 Å². The third-order valence-electron chi connectivity index (χ3n) is 5.82. The maximum absolute atomic E-state index is 12.5. The van der Waals surface area contributed by atoms with Crippen LogP contribution < -0.4 is 10.2 Å². The van der Waals surface area contributed by atoms with Gasteiger partial charge in [-0.3, -0.25) is 4.79 Å². The number of hydrogen-bond donors (Lipinski definition) is 1. The normalized spacial score (nSPS) is 11.1. The number of nitrogens with one attached hydrogen (secondary N) is 1. The summed E-state index contributed by atoms with van der Waals surface area (Å²) in [6.45, 7) is 8.57. The smallest absolute Gasteiger partial charge is 0.271 e. The standard InChI is InChI=1S/C29H28ClN3O2/c1-19-15-24(16-20(2)28(19)35-18-23-7-11-26(30)12-8-23)17-31-32-29(34)25-9-13-27(14-10-25)33-21(3)5-6-22(33)4/h5-17H,18H2,1-4H3,(H,32,34)/b31-17-. The molecule has 5 nitrogen and oxygen atoms in total. The number of ether oxygens (including phenoxy) is 1. The molecule has 0 saturated carbocycles. The molecule has 1 N–H and O–H groups in total. The third kappa shape index (κ3) is 5.81. The Morgan fingerprint density at radius 3 is 2.11 bits per heavy atom. The zero-order valence-corrected chi connectivity index (χ0v) is 21.1. The minimum Gasteiger partial charge on any atom is -0.488 e. The van der Waals surface area contributed by atoms with Gasteiger partial charge in [0.05, 0.1) is 6.21 Å². The summed E-state index contributed by atoms with van der Waals surface area (Å²) in [5, 5.41) is 4.85. The number of aromatic nitrogens is 1. The summed E-state index contributed by atoms with van der Waals surface area (Å²) >= 11 is 5.95. The molecule has 0 spiro atoms. The lowest BCUT2D eigenvalue weighted by Gasteiger charge is -2.13. The van der Waals surface area contributed by atoms with Crippen LogP contribution in [-0.2, 0) is 6.61 Å². The molecule has 178 valence electrons. The van der Waals surface area contributed by atoms with E-state index in [0.29, 0.717) is 17.2 Å². The van der Waals surface area contributed by atoms with Gasteiger partial charge < -0.3 is 9.30 Å². The van der Waals surface area contributed by atoms with Gasteiger partial charge in [0.15, 0.2) is 0 Å². The van der Waals surface area contributed by atoms with Crippen LogP contribution in [0.5, 0.6) is 5.75 Å². The maximum Gasteiger partial charge on any atom is 0.271 e. The van der Waals surface area contributed by atoms with Crippen LogP contribution in [0, 0.1) is 27.7 Å². The Labute approximate surface area is 211 Å². The second-order valence-electron chi connectivity index (χ2n) is 8.60. The molecular formula is C29H28ClN3O2. The molecule has 1 amide bonds. The number of halogens is 1. The van der Waals surface area contributed by atoms with Crippen LogP contribution in [-0.4, -0.2) is 16.7 Å². The molecule has 0 unspecified atom stereocenters. The highest BCUT2D eigenvalue weighted by Crippen LogP contribution is 2.25. The van der Waals surface area contributed by atoms with Crippen molar-refractivity contribution in [3.63, 3.8) is 0 Å². The largest absolute Gasteiger partial charge is 0.488 e. The van der Waals surface area contributed by atoms with Crippen molar-refractivity contribution in [3.8, 4) is 11.4 Å². The predicted octanol–water partition coefficient (Wildman–Crippen LogP) is 6.71. The lowest BCUT2D eigenvalue weighted by atomic mass is 10.1. The van der Waals surface area contributed by atoms with Crippen LogP contribution in [0.15, 0.2) is 77.9 Å². The Balaban J connectivity index is 1.38. The van der Waals surface area contributed by atoms with Crippen LogP contribution in [0.3, 0.4) is 0 Å². The van der Waals surface area contributed by atoms with Crippen molar-refractivity contribution >= 4 is 23.7 Å². The number of amides is 1. The number of nitrogens with zero attached hydrogens (tertiary/aromatic N) is 2. The van der Waals surface area contributed by atoms with Crippen molar-refractivity contribution in [3.05, 3.63) is 117 Å². The van der Waals surface area contributed by atoms with E-state index in [1.807, 2.05) is 62.4 Å². The first kappa shape index (κ1) is 24.3. The summed E-state index contributed by atoms with van der Waals surface area (Å²) in [5.74, 6) is 0.583. The minimum absolute atomic E-state index is 0.259. The van der Waals surface area contributed by atoms with Crippen LogP contribution in [0.25, 0.3) is 5.69 Å². The molecule has 0 saturated heterocycles. The van der Waals surface area contributed by atoms with Crippen molar-refractivity contribution in [1.82, 2.24) is 9.99 Å². The molecule has 0 aliphatic heterocycles.